The Balaban J connectivity index is 0. The minimum Gasteiger partial charge on any atom is -0.698 e. The standard InChI is InChI=1S/C9H18O2S.K/c1-3-4-5-6-7-8(2)11-9(10)12;/h8H,3-7H2,1-2H3,(H,10,12);/q;+1/p-1. The van der Waals surface area contributed by atoms with Crippen molar-refractivity contribution < 1.29 is 60.9 Å². The van der Waals surface area contributed by atoms with E-state index in [0.717, 1.165) is 12.8 Å². The average Bonchev–Trinajstić information content (AvgIpc) is 1.97. The largest absolute Gasteiger partial charge is 1.00 e. The Bertz CT molecular complexity index is 131. The molecule has 0 bridgehead atoms. The van der Waals surface area contributed by atoms with E-state index in [2.05, 4.69) is 19.6 Å². The Morgan fingerprint density at radius 2 is 2.00 bits per heavy atom. The monoisotopic (exact) mass is 228 g/mol. The third-order valence-corrected chi connectivity index (χ3v) is 1.86. The molecule has 0 saturated carbocycles. The van der Waals surface area contributed by atoms with Gasteiger partial charge < -0.3 is 17.4 Å². The van der Waals surface area contributed by atoms with Crippen LogP contribution >= 0.6 is 0 Å². The summed E-state index contributed by atoms with van der Waals surface area (Å²) in [4.78, 5) is 10.3. The molecule has 0 heterocycles. The number of carbonyl (C=O) groups is 1. The van der Waals surface area contributed by atoms with Gasteiger partial charge in [0.05, 0.1) is 6.10 Å². The number of hydrogen-bond acceptors (Lipinski definition) is 3. The Labute approximate surface area is 129 Å². The van der Waals surface area contributed by atoms with E-state index in [1.807, 2.05) is 6.92 Å². The minimum absolute atomic E-state index is 0. The average molecular weight is 228 g/mol. The van der Waals surface area contributed by atoms with Gasteiger partial charge in [-0.3, -0.25) is 4.79 Å². The van der Waals surface area contributed by atoms with Crippen molar-refractivity contribution >= 4 is 17.9 Å². The van der Waals surface area contributed by atoms with Crippen LogP contribution in [0, 0.1) is 0 Å². The summed E-state index contributed by atoms with van der Waals surface area (Å²) in [6, 6.07) is 0. The molecule has 0 aromatic rings. The SMILES string of the molecule is CCCCCCC(C)OC(=O)[S-].[K+]. The smallest absolute Gasteiger partial charge is 0.698 e. The predicted molar refractivity (Wildman–Crippen MR) is 52.1 cm³/mol. The van der Waals surface area contributed by atoms with Gasteiger partial charge in [-0.15, -0.1) is 0 Å². The van der Waals surface area contributed by atoms with Gasteiger partial charge in [0.25, 0.3) is 0 Å². The fourth-order valence-corrected chi connectivity index (χ4v) is 1.25. The molecule has 0 aromatic heterocycles. The van der Waals surface area contributed by atoms with Crippen LogP contribution in [0.5, 0.6) is 0 Å². The fraction of sp³-hybridized carbons (Fsp3) is 0.889. The van der Waals surface area contributed by atoms with Gasteiger partial charge in [0.2, 0.25) is 0 Å². The van der Waals surface area contributed by atoms with Crippen LogP contribution in [0.3, 0.4) is 0 Å². The first kappa shape index (κ1) is 16.7. The van der Waals surface area contributed by atoms with Gasteiger partial charge in [-0.1, -0.05) is 26.2 Å². The van der Waals surface area contributed by atoms with Crippen LogP contribution < -0.4 is 51.4 Å². The first-order chi connectivity index (χ1) is 5.66. The second kappa shape index (κ2) is 11.4. The van der Waals surface area contributed by atoms with E-state index in [-0.39, 0.29) is 57.5 Å². The normalized spacial score (nSPS) is 11.5. The Morgan fingerprint density at radius 1 is 1.38 bits per heavy atom. The summed E-state index contributed by atoms with van der Waals surface area (Å²) in [5, 5.41) is -0.585. The predicted octanol–water partition coefficient (Wildman–Crippen LogP) is 0.0328. The number of carbonyl (C=O) groups excluding carboxylic acids is 1. The van der Waals surface area contributed by atoms with Crippen molar-refractivity contribution in [1.82, 2.24) is 0 Å². The minimum atomic E-state index is -0.585. The number of rotatable bonds is 6. The molecule has 0 fully saturated rings. The maximum atomic E-state index is 10.3. The zero-order valence-electron chi connectivity index (χ0n) is 8.84. The van der Waals surface area contributed by atoms with Gasteiger partial charge in [0, 0.05) is 0 Å². The van der Waals surface area contributed by atoms with Crippen molar-refractivity contribution in [1.29, 1.82) is 0 Å². The summed E-state index contributed by atoms with van der Waals surface area (Å²) in [7, 11) is 0. The van der Waals surface area contributed by atoms with E-state index >= 15 is 0 Å². The van der Waals surface area contributed by atoms with Gasteiger partial charge >= 0.3 is 51.4 Å². The molecule has 0 N–H and O–H groups in total. The van der Waals surface area contributed by atoms with Crippen LogP contribution in [-0.4, -0.2) is 11.4 Å². The summed E-state index contributed by atoms with van der Waals surface area (Å²) in [6.45, 7) is 4.06. The van der Waals surface area contributed by atoms with Crippen LogP contribution in [-0.2, 0) is 17.4 Å². The maximum absolute atomic E-state index is 10.3. The summed E-state index contributed by atoms with van der Waals surface area (Å²) in [5.41, 5.74) is 0. The van der Waals surface area contributed by atoms with Gasteiger partial charge in [0.15, 0.2) is 5.30 Å². The molecular formula is C9H17KO2S. The topological polar surface area (TPSA) is 26.3 Å². The third kappa shape index (κ3) is 13.3. The van der Waals surface area contributed by atoms with E-state index in [9.17, 15) is 4.79 Å². The van der Waals surface area contributed by atoms with Gasteiger partial charge in [-0.2, -0.15) is 0 Å². The van der Waals surface area contributed by atoms with Crippen LogP contribution in [0.15, 0.2) is 0 Å². The molecule has 0 radical (unpaired) electrons. The van der Waals surface area contributed by atoms with E-state index in [4.69, 9.17) is 4.74 Å². The second-order valence-electron chi connectivity index (χ2n) is 3.03. The molecule has 13 heavy (non-hydrogen) atoms. The quantitative estimate of drug-likeness (QED) is 0.278. The van der Waals surface area contributed by atoms with Crippen LogP contribution in [0.25, 0.3) is 0 Å². The van der Waals surface area contributed by atoms with E-state index in [1.165, 1.54) is 19.3 Å². The molecule has 1 atom stereocenters. The van der Waals surface area contributed by atoms with Crippen molar-refractivity contribution in [2.75, 3.05) is 0 Å². The van der Waals surface area contributed by atoms with Crippen LogP contribution in [0.4, 0.5) is 4.79 Å². The molecule has 1 unspecified atom stereocenters. The maximum Gasteiger partial charge on any atom is 1.00 e. The molecule has 0 aliphatic carbocycles. The van der Waals surface area contributed by atoms with Crippen molar-refractivity contribution in [3.05, 3.63) is 0 Å². The van der Waals surface area contributed by atoms with Gasteiger partial charge in [-0.05, 0) is 19.8 Å². The molecule has 0 saturated heterocycles. The van der Waals surface area contributed by atoms with Gasteiger partial charge in [0.1, 0.15) is 0 Å². The van der Waals surface area contributed by atoms with E-state index in [0.29, 0.717) is 0 Å². The number of ether oxygens (including phenoxy) is 1. The summed E-state index contributed by atoms with van der Waals surface area (Å²) in [6.07, 6.45) is 5.76. The molecule has 0 aliphatic rings. The Morgan fingerprint density at radius 3 is 2.46 bits per heavy atom. The van der Waals surface area contributed by atoms with Crippen LogP contribution in [0.1, 0.15) is 46.0 Å². The molecule has 0 amide bonds. The van der Waals surface area contributed by atoms with Crippen molar-refractivity contribution in [3.63, 3.8) is 0 Å². The molecule has 4 heteroatoms. The molecule has 0 spiro atoms. The molecule has 72 valence electrons. The van der Waals surface area contributed by atoms with E-state index in [1.54, 1.807) is 0 Å². The summed E-state index contributed by atoms with van der Waals surface area (Å²) < 4.78 is 4.81. The van der Waals surface area contributed by atoms with Crippen LogP contribution in [0.2, 0.25) is 0 Å². The third-order valence-electron chi connectivity index (χ3n) is 1.76. The first-order valence-corrected chi connectivity index (χ1v) is 4.95. The zero-order chi connectivity index (χ0) is 9.40. The zero-order valence-corrected chi connectivity index (χ0v) is 12.8. The second-order valence-corrected chi connectivity index (χ2v) is 3.36. The van der Waals surface area contributed by atoms with E-state index < -0.39 is 5.30 Å². The first-order valence-electron chi connectivity index (χ1n) is 4.54. The molecule has 2 nitrogen and oxygen atoms in total. The fourth-order valence-electron chi connectivity index (χ4n) is 1.08. The summed E-state index contributed by atoms with van der Waals surface area (Å²) >= 11 is 4.30. The number of unbranched alkanes of at least 4 members (excludes halogenated alkanes) is 3. The molecule has 0 aliphatic heterocycles. The van der Waals surface area contributed by atoms with Crippen molar-refractivity contribution in [3.8, 4) is 0 Å². The number of hydrogen-bond donors (Lipinski definition) is 0. The molecular weight excluding hydrogens is 211 g/mol. The molecule has 0 rings (SSSR count). The molecule has 0 aromatic carbocycles. The van der Waals surface area contributed by atoms with Crippen molar-refractivity contribution in [2.24, 2.45) is 0 Å². The Hall–Kier alpha value is 1.33. The van der Waals surface area contributed by atoms with Gasteiger partial charge in [-0.25, -0.2) is 0 Å². The summed E-state index contributed by atoms with van der Waals surface area (Å²) in [5.74, 6) is 0. The van der Waals surface area contributed by atoms with Crippen molar-refractivity contribution in [2.45, 2.75) is 52.1 Å². The Kier molecular flexibility index (Phi) is 14.7.